The summed E-state index contributed by atoms with van der Waals surface area (Å²) in [5, 5.41) is 18.8. The summed E-state index contributed by atoms with van der Waals surface area (Å²) in [4.78, 5) is 15.2. The standard InChI is InChI=1S/C10H15N5O2/c1-6(2)7(16)4-11-8-3-9-13-14-10(17)15(9)5-12-8/h3,5-7,11,16H,4H2,1-2H3,(H,14,17). The zero-order chi connectivity index (χ0) is 12.4. The van der Waals surface area contributed by atoms with Crippen molar-refractivity contribution in [2.45, 2.75) is 20.0 Å². The highest BCUT2D eigenvalue weighted by Gasteiger charge is 2.09. The summed E-state index contributed by atoms with van der Waals surface area (Å²) in [6, 6.07) is 1.64. The number of H-pyrrole nitrogens is 1. The van der Waals surface area contributed by atoms with Gasteiger partial charge in [0.15, 0.2) is 5.65 Å². The maximum absolute atomic E-state index is 11.2. The molecule has 0 amide bonds. The number of hydrogen-bond acceptors (Lipinski definition) is 5. The Morgan fingerprint density at radius 3 is 3.06 bits per heavy atom. The van der Waals surface area contributed by atoms with Gasteiger partial charge in [0.05, 0.1) is 6.10 Å². The minimum Gasteiger partial charge on any atom is -0.391 e. The summed E-state index contributed by atoms with van der Waals surface area (Å²) >= 11 is 0. The quantitative estimate of drug-likeness (QED) is 0.687. The van der Waals surface area contributed by atoms with Crippen molar-refractivity contribution in [2.75, 3.05) is 11.9 Å². The van der Waals surface area contributed by atoms with Gasteiger partial charge < -0.3 is 10.4 Å². The molecular formula is C10H15N5O2. The molecular weight excluding hydrogens is 222 g/mol. The summed E-state index contributed by atoms with van der Waals surface area (Å²) in [5.41, 5.74) is 0.174. The van der Waals surface area contributed by atoms with Gasteiger partial charge in [-0.15, -0.1) is 0 Å². The lowest BCUT2D eigenvalue weighted by Crippen LogP contribution is -2.25. The van der Waals surface area contributed by atoms with Gasteiger partial charge in [-0.05, 0) is 5.92 Å². The van der Waals surface area contributed by atoms with Crippen molar-refractivity contribution in [3.05, 3.63) is 22.9 Å². The Morgan fingerprint density at radius 2 is 2.35 bits per heavy atom. The zero-order valence-corrected chi connectivity index (χ0v) is 9.71. The number of nitrogens with zero attached hydrogens (tertiary/aromatic N) is 3. The Bertz CT molecular complexity index is 559. The SMILES string of the molecule is CC(C)C(O)CNc1cc2n[nH]c(=O)n2cn1. The lowest BCUT2D eigenvalue weighted by Gasteiger charge is -2.15. The second-order valence-electron chi connectivity index (χ2n) is 4.22. The first-order chi connectivity index (χ1) is 8.08. The van der Waals surface area contributed by atoms with Crippen molar-refractivity contribution in [3.63, 3.8) is 0 Å². The Kier molecular flexibility index (Phi) is 3.10. The van der Waals surface area contributed by atoms with Gasteiger partial charge in [-0.1, -0.05) is 13.8 Å². The molecule has 1 atom stereocenters. The molecule has 0 saturated heterocycles. The van der Waals surface area contributed by atoms with Crippen LogP contribution in [0.25, 0.3) is 5.65 Å². The van der Waals surface area contributed by atoms with Crippen LogP contribution in [0, 0.1) is 5.92 Å². The zero-order valence-electron chi connectivity index (χ0n) is 9.71. The van der Waals surface area contributed by atoms with Crippen LogP contribution in [-0.4, -0.2) is 37.3 Å². The molecule has 3 N–H and O–H groups in total. The number of rotatable bonds is 4. The fourth-order valence-corrected chi connectivity index (χ4v) is 1.35. The van der Waals surface area contributed by atoms with Crippen LogP contribution < -0.4 is 11.0 Å². The summed E-state index contributed by atoms with van der Waals surface area (Å²) < 4.78 is 1.31. The maximum atomic E-state index is 11.2. The number of fused-ring (bicyclic) bond motifs is 1. The Morgan fingerprint density at radius 1 is 1.59 bits per heavy atom. The van der Waals surface area contributed by atoms with Crippen LogP contribution in [0.4, 0.5) is 5.82 Å². The van der Waals surface area contributed by atoms with Crippen molar-refractivity contribution in [2.24, 2.45) is 5.92 Å². The number of aliphatic hydroxyl groups is 1. The van der Waals surface area contributed by atoms with Gasteiger partial charge in [-0.25, -0.2) is 19.3 Å². The molecule has 0 aliphatic heterocycles. The first-order valence-corrected chi connectivity index (χ1v) is 5.42. The average Bonchev–Trinajstić information content (AvgIpc) is 2.67. The molecule has 7 nitrogen and oxygen atoms in total. The molecule has 0 radical (unpaired) electrons. The van der Waals surface area contributed by atoms with Crippen LogP contribution in [0.2, 0.25) is 0 Å². The molecule has 0 spiro atoms. The van der Waals surface area contributed by atoms with Gasteiger partial charge in [0, 0.05) is 12.6 Å². The first kappa shape index (κ1) is 11.6. The van der Waals surface area contributed by atoms with Crippen LogP contribution in [0.1, 0.15) is 13.8 Å². The van der Waals surface area contributed by atoms with Crippen LogP contribution in [-0.2, 0) is 0 Å². The molecule has 17 heavy (non-hydrogen) atoms. The van der Waals surface area contributed by atoms with E-state index in [0.29, 0.717) is 18.0 Å². The lowest BCUT2D eigenvalue weighted by molar-refractivity contribution is 0.138. The van der Waals surface area contributed by atoms with Gasteiger partial charge in [0.1, 0.15) is 12.1 Å². The van der Waals surface area contributed by atoms with E-state index >= 15 is 0 Å². The van der Waals surface area contributed by atoms with Gasteiger partial charge in [-0.2, -0.15) is 5.10 Å². The fraction of sp³-hybridized carbons (Fsp3) is 0.500. The molecule has 0 aliphatic carbocycles. The Balaban J connectivity index is 2.12. The number of nitrogens with one attached hydrogen (secondary N) is 2. The highest BCUT2D eigenvalue weighted by Crippen LogP contribution is 2.06. The minimum atomic E-state index is -0.436. The van der Waals surface area contributed by atoms with Gasteiger partial charge in [-0.3, -0.25) is 0 Å². The number of aromatic nitrogens is 4. The lowest BCUT2D eigenvalue weighted by atomic mass is 10.1. The topological polar surface area (TPSA) is 95.3 Å². The molecule has 0 bridgehead atoms. The van der Waals surface area contributed by atoms with Crippen molar-refractivity contribution >= 4 is 11.5 Å². The summed E-state index contributed by atoms with van der Waals surface area (Å²) in [6.07, 6.45) is 0.958. The summed E-state index contributed by atoms with van der Waals surface area (Å²) in [7, 11) is 0. The van der Waals surface area contributed by atoms with Gasteiger partial charge in [0.2, 0.25) is 0 Å². The van der Waals surface area contributed by atoms with E-state index in [-0.39, 0.29) is 11.6 Å². The van der Waals surface area contributed by atoms with Crippen molar-refractivity contribution in [1.29, 1.82) is 0 Å². The number of anilines is 1. The van der Waals surface area contributed by atoms with E-state index in [0.717, 1.165) is 0 Å². The number of hydrogen-bond donors (Lipinski definition) is 3. The van der Waals surface area contributed by atoms with Gasteiger partial charge >= 0.3 is 5.69 Å². The van der Waals surface area contributed by atoms with Crippen LogP contribution in [0.3, 0.4) is 0 Å². The van der Waals surface area contributed by atoms with Crippen LogP contribution in [0.15, 0.2) is 17.2 Å². The molecule has 2 aromatic rings. The molecule has 92 valence electrons. The van der Waals surface area contributed by atoms with E-state index in [4.69, 9.17) is 0 Å². The first-order valence-electron chi connectivity index (χ1n) is 5.42. The smallest absolute Gasteiger partial charge is 0.348 e. The molecule has 2 heterocycles. The molecule has 0 fully saturated rings. The normalized spacial score (nSPS) is 13.2. The predicted molar refractivity (Wildman–Crippen MR) is 62.9 cm³/mol. The van der Waals surface area contributed by atoms with E-state index in [1.807, 2.05) is 13.8 Å². The highest BCUT2D eigenvalue weighted by atomic mass is 16.3. The van der Waals surface area contributed by atoms with Crippen LogP contribution >= 0.6 is 0 Å². The summed E-state index contributed by atoms with van der Waals surface area (Å²) in [6.45, 7) is 4.29. The highest BCUT2D eigenvalue weighted by molar-refractivity contribution is 5.48. The third kappa shape index (κ3) is 2.44. The Hall–Kier alpha value is -1.89. The molecule has 1 unspecified atom stereocenters. The predicted octanol–water partition coefficient (Wildman–Crippen LogP) is -0.154. The average molecular weight is 237 g/mol. The van der Waals surface area contributed by atoms with E-state index in [2.05, 4.69) is 20.5 Å². The number of aliphatic hydroxyl groups excluding tert-OH is 1. The maximum Gasteiger partial charge on any atom is 0.348 e. The molecule has 0 aromatic carbocycles. The molecule has 7 heteroatoms. The molecule has 0 saturated carbocycles. The van der Waals surface area contributed by atoms with E-state index < -0.39 is 6.10 Å². The monoisotopic (exact) mass is 237 g/mol. The third-order valence-corrected chi connectivity index (χ3v) is 2.57. The van der Waals surface area contributed by atoms with E-state index in [9.17, 15) is 9.90 Å². The van der Waals surface area contributed by atoms with Crippen LogP contribution in [0.5, 0.6) is 0 Å². The fourth-order valence-electron chi connectivity index (χ4n) is 1.35. The summed E-state index contributed by atoms with van der Waals surface area (Å²) in [5.74, 6) is 0.760. The second kappa shape index (κ2) is 4.54. The van der Waals surface area contributed by atoms with E-state index in [1.54, 1.807) is 6.07 Å². The van der Waals surface area contributed by atoms with Crippen molar-refractivity contribution in [1.82, 2.24) is 19.6 Å². The Labute approximate surface area is 97.5 Å². The molecule has 2 aromatic heterocycles. The van der Waals surface area contributed by atoms with E-state index in [1.165, 1.54) is 10.7 Å². The third-order valence-electron chi connectivity index (χ3n) is 2.57. The second-order valence-corrected chi connectivity index (χ2v) is 4.22. The largest absolute Gasteiger partial charge is 0.391 e. The number of aromatic amines is 1. The van der Waals surface area contributed by atoms with Crippen molar-refractivity contribution in [3.8, 4) is 0 Å². The molecule has 2 rings (SSSR count). The van der Waals surface area contributed by atoms with Crippen molar-refractivity contribution < 1.29 is 5.11 Å². The van der Waals surface area contributed by atoms with Gasteiger partial charge in [0.25, 0.3) is 0 Å². The minimum absolute atomic E-state index is 0.180. The molecule has 0 aliphatic rings.